The number of carbonyl (C=O) groups is 1. The molecule has 2 heterocycles. The molecule has 18 heavy (non-hydrogen) atoms. The van der Waals surface area contributed by atoms with Gasteiger partial charge in [-0.1, -0.05) is 0 Å². The van der Waals surface area contributed by atoms with Crippen LogP contribution in [0.3, 0.4) is 0 Å². The number of nitrogens with zero attached hydrogens (tertiary/aromatic N) is 2. The molecule has 0 atom stereocenters. The van der Waals surface area contributed by atoms with Crippen LogP contribution in [0.15, 0.2) is 24.5 Å². The Kier molecular flexibility index (Phi) is 2.98. The molecule has 0 radical (unpaired) electrons. The lowest BCUT2D eigenvalue weighted by Crippen LogP contribution is -2.26. The summed E-state index contributed by atoms with van der Waals surface area (Å²) >= 11 is 0. The van der Waals surface area contributed by atoms with Gasteiger partial charge >= 0.3 is 6.09 Å². The second kappa shape index (κ2) is 4.33. The predicted molar refractivity (Wildman–Crippen MR) is 67.9 cm³/mol. The van der Waals surface area contributed by atoms with Gasteiger partial charge < -0.3 is 9.47 Å². The van der Waals surface area contributed by atoms with E-state index in [0.717, 1.165) is 5.52 Å². The Balaban J connectivity index is 2.42. The number of pyridine rings is 1. The van der Waals surface area contributed by atoms with Crippen molar-refractivity contribution in [3.63, 3.8) is 0 Å². The molecule has 0 N–H and O–H groups in total. The Hall–Kier alpha value is -2.04. The molecule has 2 aromatic heterocycles. The Morgan fingerprint density at radius 1 is 1.39 bits per heavy atom. The lowest BCUT2D eigenvalue weighted by molar-refractivity contribution is 0.0544. The zero-order valence-corrected chi connectivity index (χ0v) is 10.9. The molecule has 0 aliphatic rings. The molecule has 2 rings (SSSR count). The summed E-state index contributed by atoms with van der Waals surface area (Å²) in [5, 5.41) is 0. The van der Waals surface area contributed by atoms with E-state index in [9.17, 15) is 4.79 Å². The first-order chi connectivity index (χ1) is 8.40. The summed E-state index contributed by atoms with van der Waals surface area (Å²) in [4.78, 5) is 16.2. The maximum absolute atomic E-state index is 12.0. The van der Waals surface area contributed by atoms with Crippen molar-refractivity contribution in [2.75, 3.05) is 7.11 Å². The zero-order chi connectivity index (χ0) is 13.3. The number of hydrogen-bond donors (Lipinski definition) is 0. The molecule has 96 valence electrons. The first-order valence-corrected chi connectivity index (χ1v) is 5.65. The molecule has 0 saturated carbocycles. The van der Waals surface area contributed by atoms with Gasteiger partial charge in [-0.25, -0.2) is 4.79 Å². The number of ether oxygens (including phenoxy) is 2. The van der Waals surface area contributed by atoms with E-state index in [1.165, 1.54) is 4.57 Å². The van der Waals surface area contributed by atoms with Crippen molar-refractivity contribution in [3.05, 3.63) is 24.5 Å². The fraction of sp³-hybridized carbons (Fsp3) is 0.385. The van der Waals surface area contributed by atoms with Crippen molar-refractivity contribution in [2.45, 2.75) is 26.4 Å². The average molecular weight is 248 g/mol. The third-order valence-corrected chi connectivity index (χ3v) is 2.34. The Morgan fingerprint density at radius 3 is 2.72 bits per heavy atom. The number of hydrogen-bond acceptors (Lipinski definition) is 4. The summed E-state index contributed by atoms with van der Waals surface area (Å²) < 4.78 is 11.8. The van der Waals surface area contributed by atoms with Gasteiger partial charge in [-0.2, -0.15) is 0 Å². The fourth-order valence-electron chi connectivity index (χ4n) is 1.57. The average Bonchev–Trinajstić information content (AvgIpc) is 2.69. The normalized spacial score (nSPS) is 11.6. The molecule has 0 aromatic carbocycles. The molecule has 0 aliphatic carbocycles. The number of methoxy groups -OCH3 is 1. The Labute approximate surface area is 105 Å². The standard InChI is InChI=1S/C13H16N2O3/c1-13(2,3)18-12(16)15-6-5-10-11(15)7-9(17-4)8-14-10/h5-8H,1-4H3. The van der Waals surface area contributed by atoms with Gasteiger partial charge in [-0.15, -0.1) is 0 Å². The van der Waals surface area contributed by atoms with Crippen molar-refractivity contribution in [2.24, 2.45) is 0 Å². The minimum atomic E-state index is -0.528. The SMILES string of the molecule is COc1cnc2ccn(C(=O)OC(C)(C)C)c2c1. The molecule has 0 saturated heterocycles. The lowest BCUT2D eigenvalue weighted by atomic mass is 10.2. The van der Waals surface area contributed by atoms with Crippen LogP contribution < -0.4 is 4.74 Å². The highest BCUT2D eigenvalue weighted by Crippen LogP contribution is 2.20. The van der Waals surface area contributed by atoms with Crippen molar-refractivity contribution in [3.8, 4) is 5.75 Å². The van der Waals surface area contributed by atoms with E-state index in [1.807, 2.05) is 20.8 Å². The third-order valence-electron chi connectivity index (χ3n) is 2.34. The van der Waals surface area contributed by atoms with Crippen molar-refractivity contribution in [1.29, 1.82) is 0 Å². The first kappa shape index (κ1) is 12.4. The minimum Gasteiger partial charge on any atom is -0.495 e. The molecule has 5 heteroatoms. The molecule has 0 aliphatic heterocycles. The zero-order valence-electron chi connectivity index (χ0n) is 10.9. The van der Waals surface area contributed by atoms with Gasteiger partial charge in [0.15, 0.2) is 0 Å². The Bertz CT molecular complexity index is 581. The van der Waals surface area contributed by atoms with Crippen LogP contribution in [0.25, 0.3) is 11.0 Å². The van der Waals surface area contributed by atoms with E-state index in [-0.39, 0.29) is 0 Å². The van der Waals surface area contributed by atoms with Crippen LogP contribution in [-0.2, 0) is 4.74 Å². The molecule has 5 nitrogen and oxygen atoms in total. The minimum absolute atomic E-state index is 0.424. The monoisotopic (exact) mass is 248 g/mol. The van der Waals surface area contributed by atoms with Gasteiger partial charge in [-0.3, -0.25) is 9.55 Å². The van der Waals surface area contributed by atoms with Crippen molar-refractivity contribution in [1.82, 2.24) is 9.55 Å². The van der Waals surface area contributed by atoms with Crippen LogP contribution in [0.1, 0.15) is 20.8 Å². The summed E-state index contributed by atoms with van der Waals surface area (Å²) in [5.41, 5.74) is 0.866. The highest BCUT2D eigenvalue weighted by Gasteiger charge is 2.19. The van der Waals surface area contributed by atoms with E-state index >= 15 is 0 Å². The fourth-order valence-corrected chi connectivity index (χ4v) is 1.57. The van der Waals surface area contributed by atoms with E-state index in [2.05, 4.69) is 4.98 Å². The quantitative estimate of drug-likeness (QED) is 0.778. The van der Waals surface area contributed by atoms with E-state index in [4.69, 9.17) is 9.47 Å². The van der Waals surface area contributed by atoms with Gasteiger partial charge in [0.2, 0.25) is 0 Å². The van der Waals surface area contributed by atoms with E-state index < -0.39 is 11.7 Å². The highest BCUT2D eigenvalue weighted by molar-refractivity contribution is 5.87. The van der Waals surface area contributed by atoms with Crippen LogP contribution >= 0.6 is 0 Å². The van der Waals surface area contributed by atoms with E-state index in [0.29, 0.717) is 11.3 Å². The second-order valence-electron chi connectivity index (χ2n) is 4.95. The van der Waals surface area contributed by atoms with Crippen LogP contribution in [0.4, 0.5) is 4.79 Å². The largest absolute Gasteiger partial charge is 0.495 e. The maximum atomic E-state index is 12.0. The third kappa shape index (κ3) is 2.45. The molecular formula is C13H16N2O3. The molecular weight excluding hydrogens is 232 g/mol. The van der Waals surface area contributed by atoms with Gasteiger partial charge in [0.05, 0.1) is 24.3 Å². The topological polar surface area (TPSA) is 53.4 Å². The van der Waals surface area contributed by atoms with Gasteiger partial charge in [-0.05, 0) is 26.8 Å². The number of aromatic nitrogens is 2. The van der Waals surface area contributed by atoms with Crippen LogP contribution in [0, 0.1) is 0 Å². The second-order valence-corrected chi connectivity index (χ2v) is 4.95. The number of rotatable bonds is 1. The summed E-state index contributed by atoms with van der Waals surface area (Å²) in [7, 11) is 1.56. The molecule has 0 amide bonds. The van der Waals surface area contributed by atoms with E-state index in [1.54, 1.807) is 31.6 Å². The first-order valence-electron chi connectivity index (χ1n) is 5.65. The van der Waals surface area contributed by atoms with Crippen molar-refractivity contribution < 1.29 is 14.3 Å². The summed E-state index contributed by atoms with van der Waals surface area (Å²) in [6.45, 7) is 5.49. The highest BCUT2D eigenvalue weighted by atomic mass is 16.6. The molecule has 0 bridgehead atoms. The van der Waals surface area contributed by atoms with Gasteiger partial charge in [0.25, 0.3) is 0 Å². The summed E-state index contributed by atoms with van der Waals surface area (Å²) in [5.74, 6) is 0.603. The smallest absolute Gasteiger partial charge is 0.419 e. The van der Waals surface area contributed by atoms with Crippen LogP contribution in [0.2, 0.25) is 0 Å². The predicted octanol–water partition coefficient (Wildman–Crippen LogP) is 2.83. The molecule has 0 fully saturated rings. The van der Waals surface area contributed by atoms with Gasteiger partial charge in [0.1, 0.15) is 11.4 Å². The molecule has 0 unspecified atom stereocenters. The molecule has 2 aromatic rings. The summed E-state index contributed by atoms with van der Waals surface area (Å²) in [6.07, 6.45) is 2.83. The lowest BCUT2D eigenvalue weighted by Gasteiger charge is -2.19. The molecule has 0 spiro atoms. The number of fused-ring (bicyclic) bond motifs is 1. The van der Waals surface area contributed by atoms with Crippen LogP contribution in [0.5, 0.6) is 5.75 Å². The Morgan fingerprint density at radius 2 is 2.11 bits per heavy atom. The number of carbonyl (C=O) groups excluding carboxylic acids is 1. The van der Waals surface area contributed by atoms with Gasteiger partial charge in [0, 0.05) is 12.3 Å². The van der Waals surface area contributed by atoms with Crippen molar-refractivity contribution >= 4 is 17.1 Å². The van der Waals surface area contributed by atoms with Crippen LogP contribution in [-0.4, -0.2) is 28.4 Å². The maximum Gasteiger partial charge on any atom is 0.419 e. The summed E-state index contributed by atoms with van der Waals surface area (Å²) in [6, 6.07) is 3.52.